The highest BCUT2D eigenvalue weighted by Crippen LogP contribution is 2.33. The number of hydrogen-bond acceptors (Lipinski definition) is 6. The predicted octanol–water partition coefficient (Wildman–Crippen LogP) is 0.668. The van der Waals surface area contributed by atoms with Gasteiger partial charge in [-0.25, -0.2) is 0 Å². The van der Waals surface area contributed by atoms with Crippen LogP contribution in [-0.2, 0) is 4.74 Å². The van der Waals surface area contributed by atoms with Gasteiger partial charge in [0.1, 0.15) is 6.10 Å². The lowest BCUT2D eigenvalue weighted by Gasteiger charge is -2.27. The molecule has 2 N–H and O–H groups in total. The van der Waals surface area contributed by atoms with Gasteiger partial charge < -0.3 is 19.9 Å². The number of rotatable bonds is 2. The lowest BCUT2D eigenvalue weighted by Crippen LogP contribution is -2.35. The summed E-state index contributed by atoms with van der Waals surface area (Å²) in [6.45, 7) is 2.50. The van der Waals surface area contributed by atoms with Gasteiger partial charge in [-0.1, -0.05) is 5.16 Å². The first kappa shape index (κ1) is 12.1. The molecule has 0 radical (unpaired) electrons. The number of ether oxygens (including phenoxy) is 1. The third-order valence-corrected chi connectivity index (χ3v) is 3.84. The standard InChI is InChI=1S/C12H20N4O2/c1-16-4-5-17-10(7-16)11-14-12(18-15-11)8-2-3-9(13)6-8/h8-10H,2-7,13H2,1H3/t8-,9+,10?/m1/s1. The molecule has 18 heavy (non-hydrogen) atoms. The maximum Gasteiger partial charge on any atom is 0.229 e. The summed E-state index contributed by atoms with van der Waals surface area (Å²) < 4.78 is 11.1. The molecule has 100 valence electrons. The van der Waals surface area contributed by atoms with E-state index in [2.05, 4.69) is 22.1 Å². The lowest BCUT2D eigenvalue weighted by atomic mass is 10.1. The third-order valence-electron chi connectivity index (χ3n) is 3.84. The molecule has 0 bridgehead atoms. The number of nitrogens with two attached hydrogens (primary N) is 1. The van der Waals surface area contributed by atoms with Crippen LogP contribution in [0.1, 0.15) is 43.0 Å². The first-order chi connectivity index (χ1) is 8.72. The van der Waals surface area contributed by atoms with Crippen LogP contribution in [0.5, 0.6) is 0 Å². The van der Waals surface area contributed by atoms with E-state index >= 15 is 0 Å². The molecule has 1 aromatic heterocycles. The molecule has 2 aliphatic rings. The average molecular weight is 252 g/mol. The van der Waals surface area contributed by atoms with Gasteiger partial charge in [0.25, 0.3) is 0 Å². The van der Waals surface area contributed by atoms with Crippen LogP contribution in [0, 0.1) is 0 Å². The Hall–Kier alpha value is -0.980. The molecular weight excluding hydrogens is 232 g/mol. The quantitative estimate of drug-likeness (QED) is 0.833. The van der Waals surface area contributed by atoms with E-state index in [1.807, 2.05) is 0 Å². The van der Waals surface area contributed by atoms with Crippen molar-refractivity contribution < 1.29 is 9.26 Å². The van der Waals surface area contributed by atoms with Crippen LogP contribution in [-0.4, -0.2) is 47.8 Å². The fourth-order valence-corrected chi connectivity index (χ4v) is 2.72. The van der Waals surface area contributed by atoms with Crippen molar-refractivity contribution in [2.45, 2.75) is 37.3 Å². The van der Waals surface area contributed by atoms with Gasteiger partial charge in [-0.15, -0.1) is 0 Å². The second-order valence-corrected chi connectivity index (χ2v) is 5.38. The molecule has 6 nitrogen and oxygen atoms in total. The summed E-state index contributed by atoms with van der Waals surface area (Å²) in [5.74, 6) is 1.74. The zero-order valence-corrected chi connectivity index (χ0v) is 10.7. The molecule has 0 aromatic carbocycles. The molecule has 6 heteroatoms. The van der Waals surface area contributed by atoms with Crippen molar-refractivity contribution in [1.29, 1.82) is 0 Å². The Morgan fingerprint density at radius 3 is 3.00 bits per heavy atom. The molecule has 1 aliphatic carbocycles. The molecule has 1 saturated carbocycles. The average Bonchev–Trinajstić information content (AvgIpc) is 2.97. The number of hydrogen-bond donors (Lipinski definition) is 1. The monoisotopic (exact) mass is 252 g/mol. The van der Waals surface area contributed by atoms with E-state index < -0.39 is 0 Å². The van der Waals surface area contributed by atoms with E-state index in [1.165, 1.54) is 0 Å². The summed E-state index contributed by atoms with van der Waals surface area (Å²) in [4.78, 5) is 6.72. The van der Waals surface area contributed by atoms with Gasteiger partial charge in [-0.2, -0.15) is 4.98 Å². The fraction of sp³-hybridized carbons (Fsp3) is 0.833. The van der Waals surface area contributed by atoms with E-state index in [0.717, 1.165) is 44.8 Å². The zero-order chi connectivity index (χ0) is 12.5. The van der Waals surface area contributed by atoms with Crippen LogP contribution in [0.4, 0.5) is 0 Å². The highest BCUT2D eigenvalue weighted by molar-refractivity contribution is 5.01. The first-order valence-corrected chi connectivity index (χ1v) is 6.61. The summed E-state index contributed by atoms with van der Waals surface area (Å²) in [6.07, 6.45) is 2.99. The number of nitrogens with zero attached hydrogens (tertiary/aromatic N) is 3. The zero-order valence-electron chi connectivity index (χ0n) is 10.7. The van der Waals surface area contributed by atoms with Crippen molar-refractivity contribution >= 4 is 0 Å². The summed E-state index contributed by atoms with van der Waals surface area (Å²) in [6, 6.07) is 0.280. The van der Waals surface area contributed by atoms with Gasteiger partial charge in [-0.3, -0.25) is 0 Å². The lowest BCUT2D eigenvalue weighted by molar-refractivity contribution is -0.0264. The van der Waals surface area contributed by atoms with E-state index in [1.54, 1.807) is 0 Å². The van der Waals surface area contributed by atoms with Crippen molar-refractivity contribution in [3.63, 3.8) is 0 Å². The number of aromatic nitrogens is 2. The molecule has 3 rings (SSSR count). The van der Waals surface area contributed by atoms with Crippen molar-refractivity contribution in [1.82, 2.24) is 15.0 Å². The summed E-state index contributed by atoms with van der Waals surface area (Å²) in [7, 11) is 2.08. The Labute approximate surface area is 106 Å². The maximum atomic E-state index is 5.91. The fourth-order valence-electron chi connectivity index (χ4n) is 2.72. The normalized spacial score (nSPS) is 34.0. The molecule has 3 atom stereocenters. The van der Waals surface area contributed by atoms with Crippen LogP contribution >= 0.6 is 0 Å². The molecular formula is C12H20N4O2. The van der Waals surface area contributed by atoms with Gasteiger partial charge in [0.15, 0.2) is 0 Å². The molecule has 1 saturated heterocycles. The second-order valence-electron chi connectivity index (χ2n) is 5.38. The molecule has 0 spiro atoms. The summed E-state index contributed by atoms with van der Waals surface area (Å²) >= 11 is 0. The Bertz CT molecular complexity index is 409. The van der Waals surface area contributed by atoms with Crippen molar-refractivity contribution in [3.05, 3.63) is 11.7 Å². The minimum Gasteiger partial charge on any atom is -0.367 e. The summed E-state index contributed by atoms with van der Waals surface area (Å²) in [5, 5.41) is 4.07. The molecule has 1 unspecified atom stereocenters. The van der Waals surface area contributed by atoms with Crippen molar-refractivity contribution in [2.75, 3.05) is 26.7 Å². The minimum absolute atomic E-state index is 0.0590. The maximum absolute atomic E-state index is 5.91. The van der Waals surface area contributed by atoms with Crippen LogP contribution in [0.25, 0.3) is 0 Å². The minimum atomic E-state index is -0.0590. The predicted molar refractivity (Wildman–Crippen MR) is 65.1 cm³/mol. The highest BCUT2D eigenvalue weighted by Gasteiger charge is 2.30. The van der Waals surface area contributed by atoms with Gasteiger partial charge >= 0.3 is 0 Å². The molecule has 1 aliphatic heterocycles. The Kier molecular flexibility index (Phi) is 3.32. The van der Waals surface area contributed by atoms with Crippen molar-refractivity contribution in [2.24, 2.45) is 5.73 Å². The molecule has 1 aromatic rings. The Morgan fingerprint density at radius 2 is 2.28 bits per heavy atom. The van der Waals surface area contributed by atoms with Gasteiger partial charge in [0.05, 0.1) is 6.61 Å². The SMILES string of the molecule is CN1CCOC(c2noc([C@@H]3CC[C@H](N)C3)n2)C1. The highest BCUT2D eigenvalue weighted by atomic mass is 16.5. The van der Waals surface area contributed by atoms with Crippen LogP contribution < -0.4 is 5.73 Å². The summed E-state index contributed by atoms with van der Waals surface area (Å²) in [5.41, 5.74) is 5.91. The van der Waals surface area contributed by atoms with Crippen LogP contribution in [0.2, 0.25) is 0 Å². The molecule has 2 heterocycles. The number of morpholine rings is 1. The van der Waals surface area contributed by atoms with Crippen molar-refractivity contribution in [3.8, 4) is 0 Å². The smallest absolute Gasteiger partial charge is 0.229 e. The molecule has 2 fully saturated rings. The Morgan fingerprint density at radius 1 is 1.39 bits per heavy atom. The second kappa shape index (κ2) is 4.95. The Balaban J connectivity index is 1.69. The van der Waals surface area contributed by atoms with E-state index in [4.69, 9.17) is 15.0 Å². The third kappa shape index (κ3) is 2.41. The van der Waals surface area contributed by atoms with E-state index in [-0.39, 0.29) is 12.1 Å². The number of likely N-dealkylation sites (N-methyl/N-ethyl adjacent to an activating group) is 1. The van der Waals surface area contributed by atoms with Crippen LogP contribution in [0.3, 0.4) is 0 Å². The first-order valence-electron chi connectivity index (χ1n) is 6.61. The van der Waals surface area contributed by atoms with Crippen LogP contribution in [0.15, 0.2) is 4.52 Å². The van der Waals surface area contributed by atoms with E-state index in [9.17, 15) is 0 Å². The topological polar surface area (TPSA) is 77.4 Å². The molecule has 0 amide bonds. The van der Waals surface area contributed by atoms with Gasteiger partial charge in [0.2, 0.25) is 11.7 Å². The largest absolute Gasteiger partial charge is 0.367 e. The van der Waals surface area contributed by atoms with E-state index in [0.29, 0.717) is 11.7 Å². The van der Waals surface area contributed by atoms with Gasteiger partial charge in [0, 0.05) is 25.0 Å². The van der Waals surface area contributed by atoms with Gasteiger partial charge in [-0.05, 0) is 26.3 Å².